The zero-order valence-corrected chi connectivity index (χ0v) is 20.7. The van der Waals surface area contributed by atoms with Crippen LogP contribution in [0.5, 0.6) is 0 Å². The van der Waals surface area contributed by atoms with Crippen molar-refractivity contribution in [3.8, 4) is 0 Å². The van der Waals surface area contributed by atoms with Crippen LogP contribution in [0, 0.1) is 13.8 Å². The van der Waals surface area contributed by atoms with Crippen LogP contribution in [0.25, 0.3) is 6.58 Å². The molecule has 0 spiro atoms. The number of nitrogens with zero attached hydrogens (tertiary/aromatic N) is 3. The van der Waals surface area contributed by atoms with E-state index in [4.69, 9.17) is 4.74 Å². The number of rotatable bonds is 9. The van der Waals surface area contributed by atoms with Crippen molar-refractivity contribution in [1.29, 1.82) is 0 Å². The summed E-state index contributed by atoms with van der Waals surface area (Å²) >= 11 is 0. The second-order valence-electron chi connectivity index (χ2n) is 7.81. The van der Waals surface area contributed by atoms with E-state index in [0.29, 0.717) is 29.6 Å². The van der Waals surface area contributed by atoms with E-state index in [1.807, 2.05) is 38.7 Å². The van der Waals surface area contributed by atoms with Gasteiger partial charge in [-0.05, 0) is 49.9 Å². The Bertz CT molecular complexity index is 1190. The van der Waals surface area contributed by atoms with E-state index in [-0.39, 0.29) is 24.7 Å². The van der Waals surface area contributed by atoms with Crippen molar-refractivity contribution >= 4 is 35.7 Å². The Hall–Kier alpha value is -3.49. The molecule has 1 aromatic carbocycles. The zero-order valence-electron chi connectivity index (χ0n) is 20.7. The molecule has 0 saturated carbocycles. The maximum atomic E-state index is 12.5. The lowest BCUT2D eigenvalue weighted by Crippen LogP contribution is -2.42. The largest absolute Gasteiger partial charge is 0.428 e. The Morgan fingerprint density at radius 1 is 1.06 bits per heavy atom. The summed E-state index contributed by atoms with van der Waals surface area (Å²) in [5.41, 5.74) is 3.91. The molecular weight excluding hydrogens is 436 g/mol. The van der Waals surface area contributed by atoms with Crippen LogP contribution in [0.3, 0.4) is 0 Å². The highest BCUT2D eigenvalue weighted by atomic mass is 16.7. The van der Waals surface area contributed by atoms with E-state index in [9.17, 15) is 14.4 Å². The summed E-state index contributed by atoms with van der Waals surface area (Å²) in [6.45, 7) is 13.4. The van der Waals surface area contributed by atoms with E-state index in [1.165, 1.54) is 6.92 Å². The van der Waals surface area contributed by atoms with Gasteiger partial charge in [-0.3, -0.25) is 14.4 Å². The fourth-order valence-corrected chi connectivity index (χ4v) is 3.48. The van der Waals surface area contributed by atoms with Crippen LogP contribution in [0.2, 0.25) is 0 Å². The molecule has 9 heteroatoms. The lowest BCUT2D eigenvalue weighted by atomic mass is 10.1. The molecule has 1 aromatic heterocycles. The third kappa shape index (κ3) is 7.00. The van der Waals surface area contributed by atoms with Gasteiger partial charge in [-0.15, -0.1) is 0 Å². The smallest absolute Gasteiger partial charge is 0.308 e. The fourth-order valence-electron chi connectivity index (χ4n) is 3.48. The monoisotopic (exact) mass is 470 g/mol. The van der Waals surface area contributed by atoms with E-state index in [0.717, 1.165) is 41.8 Å². The molecule has 2 aromatic rings. The fraction of sp³-hybridized carbons (Fsp3) is 0.480. The molecule has 184 valence electrons. The average Bonchev–Trinajstić information content (AvgIpc) is 2.78. The lowest BCUT2D eigenvalue weighted by molar-refractivity contribution is -0.165. The summed E-state index contributed by atoms with van der Waals surface area (Å²) in [5, 5.41) is 0.295. The number of anilines is 2. The normalized spacial score (nSPS) is 11.4. The van der Waals surface area contributed by atoms with Crippen molar-refractivity contribution in [2.75, 3.05) is 18.2 Å². The highest BCUT2D eigenvalue weighted by Crippen LogP contribution is 2.36. The summed E-state index contributed by atoms with van der Waals surface area (Å²) in [6.07, 6.45) is 3.53. The number of esters is 2. The second-order valence-corrected chi connectivity index (χ2v) is 7.81. The van der Waals surface area contributed by atoms with Crippen LogP contribution in [0.1, 0.15) is 64.0 Å². The molecule has 34 heavy (non-hydrogen) atoms. The molecule has 9 nitrogen and oxygen atoms in total. The first-order valence-corrected chi connectivity index (χ1v) is 11.6. The lowest BCUT2D eigenvalue weighted by Gasteiger charge is -2.28. The number of aromatic amines is 1. The Morgan fingerprint density at radius 3 is 2.44 bits per heavy atom. The number of unbranched alkanes of at least 4 members (excludes halogenated alkanes) is 3. The summed E-state index contributed by atoms with van der Waals surface area (Å²) in [7, 11) is 0. The number of fused-ring (bicyclic) bond motifs is 2. The molecule has 1 aliphatic heterocycles. The highest BCUT2D eigenvalue weighted by Gasteiger charge is 2.23. The van der Waals surface area contributed by atoms with Crippen molar-refractivity contribution in [3.63, 3.8) is 0 Å². The predicted octanol–water partition coefficient (Wildman–Crippen LogP) is 3.24. The van der Waals surface area contributed by atoms with Gasteiger partial charge in [-0.2, -0.15) is 0 Å². The van der Waals surface area contributed by atoms with Gasteiger partial charge in [0.05, 0.1) is 11.4 Å². The van der Waals surface area contributed by atoms with Crippen molar-refractivity contribution in [2.45, 2.75) is 66.7 Å². The number of aryl methyl sites for hydroxylation is 2. The Morgan fingerprint density at radius 2 is 1.74 bits per heavy atom. The average molecular weight is 471 g/mol. The van der Waals surface area contributed by atoms with Gasteiger partial charge in [-0.25, -0.2) is 9.98 Å². The first-order valence-electron chi connectivity index (χ1n) is 11.6. The minimum Gasteiger partial charge on any atom is -0.428 e. The number of carbonyl (C=O) groups is 2. The molecule has 0 radical (unpaired) electrons. The molecule has 0 aliphatic carbocycles. The molecule has 0 atom stereocenters. The molecule has 0 bridgehead atoms. The van der Waals surface area contributed by atoms with Gasteiger partial charge in [0.1, 0.15) is 5.48 Å². The molecule has 1 aliphatic rings. The highest BCUT2D eigenvalue weighted by molar-refractivity contribution is 5.77. The summed E-state index contributed by atoms with van der Waals surface area (Å²) in [6, 6.07) is 4.06. The van der Waals surface area contributed by atoms with Crippen LogP contribution in [-0.4, -0.2) is 35.2 Å². The van der Waals surface area contributed by atoms with Gasteiger partial charge in [0.15, 0.2) is 11.2 Å². The minimum absolute atomic E-state index is 0.274. The first-order chi connectivity index (χ1) is 16.3. The van der Waals surface area contributed by atoms with Gasteiger partial charge >= 0.3 is 11.9 Å². The molecule has 0 amide bonds. The van der Waals surface area contributed by atoms with Gasteiger partial charge in [0.2, 0.25) is 6.79 Å². The Labute approximate surface area is 199 Å². The molecule has 0 saturated heterocycles. The van der Waals surface area contributed by atoms with Gasteiger partial charge in [0, 0.05) is 19.9 Å². The third-order valence-electron chi connectivity index (χ3n) is 5.29. The van der Waals surface area contributed by atoms with Crippen molar-refractivity contribution in [1.82, 2.24) is 9.97 Å². The Kier molecular flexibility index (Phi) is 9.97. The van der Waals surface area contributed by atoms with E-state index >= 15 is 0 Å². The summed E-state index contributed by atoms with van der Waals surface area (Å²) in [5.74, 6) is -0.355. The third-order valence-corrected chi connectivity index (χ3v) is 5.29. The molecule has 0 fully saturated rings. The first kappa shape index (κ1) is 26.8. The quantitative estimate of drug-likeness (QED) is 0.340. The minimum atomic E-state index is -0.487. The van der Waals surface area contributed by atoms with Crippen molar-refractivity contribution < 1.29 is 19.1 Å². The van der Waals surface area contributed by atoms with Crippen LogP contribution < -0.4 is 21.3 Å². The number of hydrogen-bond donors (Lipinski definition) is 1. The Balaban J connectivity index is 0.00000199. The van der Waals surface area contributed by atoms with Crippen LogP contribution >= 0.6 is 0 Å². The number of aromatic nitrogens is 2. The van der Waals surface area contributed by atoms with Crippen molar-refractivity contribution in [2.24, 2.45) is 4.99 Å². The molecule has 3 rings (SSSR count). The number of nitrogens with one attached hydrogen (secondary N) is 1. The summed E-state index contributed by atoms with van der Waals surface area (Å²) < 4.78 is 9.41. The molecular formula is C25H34N4O5. The SMILES string of the molecule is C=c1nc2c(c(=O)[nH]1)=Nc1cc(C)c(C)cc1N2CCCCCCC(=O)OCOC(C)=O.CC. The summed E-state index contributed by atoms with van der Waals surface area (Å²) in [4.78, 5) is 48.4. The standard InChI is InChI=1S/C23H28N4O5.C2H6/c1-14-11-18-19(12-15(14)2)27(22-21(26-18)23(30)25-16(3)24-22)10-8-6-5-7-9-20(29)32-13-31-17(4)28;1-2/h11-12H,3,5-10,13H2,1-2,4H3,(H,25,30);1-2H3. The number of ether oxygens (including phenoxy) is 2. The van der Waals surface area contributed by atoms with E-state index in [1.54, 1.807) is 0 Å². The molecule has 1 N–H and O–H groups in total. The predicted molar refractivity (Wildman–Crippen MR) is 131 cm³/mol. The maximum absolute atomic E-state index is 12.5. The van der Waals surface area contributed by atoms with E-state index < -0.39 is 5.97 Å². The zero-order chi connectivity index (χ0) is 25.3. The van der Waals surface area contributed by atoms with Gasteiger partial charge in [0.25, 0.3) is 5.56 Å². The second kappa shape index (κ2) is 12.7. The molecule has 2 heterocycles. The van der Waals surface area contributed by atoms with E-state index in [2.05, 4.69) is 32.3 Å². The van der Waals surface area contributed by atoms with Crippen LogP contribution in [-0.2, 0) is 19.1 Å². The van der Waals surface area contributed by atoms with Gasteiger partial charge < -0.3 is 19.4 Å². The van der Waals surface area contributed by atoms with Crippen LogP contribution in [0.4, 0.5) is 17.2 Å². The van der Waals surface area contributed by atoms with Gasteiger partial charge in [-0.1, -0.05) is 33.3 Å². The van der Waals surface area contributed by atoms with Crippen LogP contribution in [0.15, 0.2) is 21.9 Å². The number of hydrogen-bond acceptors (Lipinski definition) is 8. The number of benzene rings is 1. The van der Waals surface area contributed by atoms with Crippen molar-refractivity contribution in [3.05, 3.63) is 44.5 Å². The number of H-pyrrole nitrogens is 1. The topological polar surface area (TPSA) is 114 Å². The maximum Gasteiger partial charge on any atom is 0.308 e. The molecule has 0 unspecified atom stereocenters. The number of carbonyl (C=O) groups excluding carboxylic acids is 2.